The number of amidine groups is 1. The predicted molar refractivity (Wildman–Crippen MR) is 165 cm³/mol. The summed E-state index contributed by atoms with van der Waals surface area (Å²) >= 11 is 0.817. The molecule has 212 valence electrons. The Morgan fingerprint density at radius 1 is 0.881 bits per heavy atom. The molecular weight excluding hydrogens is 548 g/mol. The fourth-order valence-electron chi connectivity index (χ4n) is 5.00. The lowest BCUT2D eigenvalue weighted by Crippen LogP contribution is -2.43. The second-order valence-corrected chi connectivity index (χ2v) is 11.5. The van der Waals surface area contributed by atoms with E-state index in [1.807, 2.05) is 80.6 Å². The van der Waals surface area contributed by atoms with Crippen LogP contribution in [-0.2, 0) is 4.79 Å². The van der Waals surface area contributed by atoms with Gasteiger partial charge in [0.25, 0.3) is 5.91 Å². The molecule has 0 radical (unpaired) electrons. The van der Waals surface area contributed by atoms with Crippen molar-refractivity contribution in [1.29, 1.82) is 10.8 Å². The molecule has 5 rings (SSSR count). The van der Waals surface area contributed by atoms with Crippen LogP contribution in [-0.4, -0.2) is 51.5 Å². The largest absolute Gasteiger partial charge is 0.420 e. The number of fused-ring (bicyclic) bond motifs is 2. The van der Waals surface area contributed by atoms with E-state index in [0.717, 1.165) is 39.7 Å². The molecule has 0 saturated heterocycles. The van der Waals surface area contributed by atoms with Crippen LogP contribution >= 0.6 is 11.8 Å². The summed E-state index contributed by atoms with van der Waals surface area (Å²) in [6, 6.07) is 24.6. The lowest BCUT2D eigenvalue weighted by atomic mass is 9.70. The van der Waals surface area contributed by atoms with Crippen molar-refractivity contribution in [3.63, 3.8) is 0 Å². The maximum atomic E-state index is 13.5. The van der Waals surface area contributed by atoms with Gasteiger partial charge in [-0.25, -0.2) is 9.97 Å². The Labute approximate surface area is 248 Å². The number of aromatic nitrogens is 2. The minimum atomic E-state index is -1.05. The van der Waals surface area contributed by atoms with Crippen molar-refractivity contribution in [3.05, 3.63) is 95.6 Å². The van der Waals surface area contributed by atoms with Gasteiger partial charge in [-0.3, -0.25) is 15.0 Å². The molecule has 0 spiro atoms. The van der Waals surface area contributed by atoms with Crippen LogP contribution in [0.15, 0.2) is 78.9 Å². The van der Waals surface area contributed by atoms with Crippen LogP contribution in [0.25, 0.3) is 22.5 Å². The first-order valence-electron chi connectivity index (χ1n) is 13.2. The van der Waals surface area contributed by atoms with E-state index in [0.29, 0.717) is 28.6 Å². The third kappa shape index (κ3) is 5.53. The molecule has 0 aliphatic carbocycles. The molecule has 4 aromatic rings. The second kappa shape index (κ2) is 11.6. The van der Waals surface area contributed by atoms with Crippen molar-refractivity contribution in [2.24, 2.45) is 5.41 Å². The summed E-state index contributed by atoms with van der Waals surface area (Å²) in [6.07, 6.45) is 0. The molecule has 10 heteroatoms. The summed E-state index contributed by atoms with van der Waals surface area (Å²) in [7, 11) is 3.42. The fraction of sp³-hybridized carbons (Fsp3) is 0.188. The Balaban J connectivity index is 1.59. The summed E-state index contributed by atoms with van der Waals surface area (Å²) in [6.45, 7) is 3.63. The molecule has 1 unspecified atom stereocenters. The Kier molecular flexibility index (Phi) is 7.91. The van der Waals surface area contributed by atoms with Crippen LogP contribution in [0.2, 0.25) is 0 Å². The lowest BCUT2D eigenvalue weighted by molar-refractivity contribution is -0.128. The molecule has 2 aromatic heterocycles. The van der Waals surface area contributed by atoms with Gasteiger partial charge < -0.3 is 20.4 Å². The van der Waals surface area contributed by atoms with E-state index in [2.05, 4.69) is 5.32 Å². The van der Waals surface area contributed by atoms with Crippen molar-refractivity contribution in [3.8, 4) is 34.3 Å². The SMILES string of the molecule is CN(C)C(=O)c1ccc(-c2ccc3c(n2)Oc2nc(-c4ccccc4)ccc2C3C(C)(C)C(=O)NC(=N)SC=N)cc1. The molecule has 1 atom stereocenters. The van der Waals surface area contributed by atoms with Crippen molar-refractivity contribution >= 4 is 34.3 Å². The number of ether oxygens (including phenoxy) is 1. The van der Waals surface area contributed by atoms with Gasteiger partial charge in [0.15, 0.2) is 5.17 Å². The van der Waals surface area contributed by atoms with Gasteiger partial charge in [0, 0.05) is 47.8 Å². The van der Waals surface area contributed by atoms with Gasteiger partial charge in [-0.2, -0.15) is 0 Å². The first kappa shape index (κ1) is 28.7. The molecule has 42 heavy (non-hydrogen) atoms. The number of carbonyl (C=O) groups is 2. The van der Waals surface area contributed by atoms with Crippen LogP contribution < -0.4 is 10.1 Å². The van der Waals surface area contributed by atoms with E-state index >= 15 is 0 Å². The maximum Gasteiger partial charge on any atom is 0.253 e. The van der Waals surface area contributed by atoms with Gasteiger partial charge >= 0.3 is 0 Å². The maximum absolute atomic E-state index is 13.5. The molecule has 1 aliphatic heterocycles. The average molecular weight is 579 g/mol. The first-order valence-corrected chi connectivity index (χ1v) is 14.1. The van der Waals surface area contributed by atoms with Crippen LogP contribution in [0.4, 0.5) is 0 Å². The van der Waals surface area contributed by atoms with Gasteiger partial charge in [-0.15, -0.1) is 0 Å². The minimum Gasteiger partial charge on any atom is -0.420 e. The van der Waals surface area contributed by atoms with Crippen LogP contribution in [0.1, 0.15) is 41.3 Å². The Morgan fingerprint density at radius 3 is 1.95 bits per heavy atom. The fourth-order valence-corrected chi connectivity index (χ4v) is 5.27. The Bertz CT molecular complexity index is 1690. The van der Waals surface area contributed by atoms with E-state index < -0.39 is 11.3 Å². The number of nitrogens with zero attached hydrogens (tertiary/aromatic N) is 3. The van der Waals surface area contributed by atoms with E-state index in [1.54, 1.807) is 26.2 Å². The number of amides is 2. The molecule has 3 heterocycles. The minimum absolute atomic E-state index is 0.0874. The van der Waals surface area contributed by atoms with Crippen LogP contribution in [0.5, 0.6) is 11.8 Å². The summed E-state index contributed by atoms with van der Waals surface area (Å²) in [5.74, 6) is -0.261. The number of rotatable bonds is 6. The van der Waals surface area contributed by atoms with Gasteiger partial charge in [0.1, 0.15) is 0 Å². The molecule has 3 N–H and O–H groups in total. The zero-order chi connectivity index (χ0) is 30.0. The van der Waals surface area contributed by atoms with Gasteiger partial charge in [-0.05, 0) is 36.0 Å². The van der Waals surface area contributed by atoms with Crippen molar-refractivity contribution in [2.45, 2.75) is 19.8 Å². The molecule has 1 aliphatic rings. The van der Waals surface area contributed by atoms with E-state index in [1.165, 1.54) is 4.90 Å². The highest BCUT2D eigenvalue weighted by Crippen LogP contribution is 2.51. The number of hydrogen-bond acceptors (Lipinski definition) is 8. The Hall–Kier alpha value is -4.83. The number of nitrogens with one attached hydrogen (secondary N) is 3. The van der Waals surface area contributed by atoms with Crippen molar-refractivity contribution in [2.75, 3.05) is 14.1 Å². The highest BCUT2D eigenvalue weighted by atomic mass is 32.2. The van der Waals surface area contributed by atoms with Gasteiger partial charge in [0.2, 0.25) is 17.7 Å². The summed E-state index contributed by atoms with van der Waals surface area (Å²) in [5.41, 5.74) is 5.07. The first-order chi connectivity index (χ1) is 20.1. The number of hydrogen-bond donors (Lipinski definition) is 3. The zero-order valence-corrected chi connectivity index (χ0v) is 24.5. The average Bonchev–Trinajstić information content (AvgIpc) is 2.99. The third-order valence-electron chi connectivity index (χ3n) is 7.21. The summed E-state index contributed by atoms with van der Waals surface area (Å²) in [5, 5.41) is 17.8. The van der Waals surface area contributed by atoms with Crippen molar-refractivity contribution in [1.82, 2.24) is 20.2 Å². The summed E-state index contributed by atoms with van der Waals surface area (Å²) in [4.78, 5) is 37.1. The van der Waals surface area contributed by atoms with Crippen LogP contribution in [0, 0.1) is 16.2 Å². The third-order valence-corrected chi connectivity index (χ3v) is 7.66. The number of thioether (sulfide) groups is 1. The van der Waals surface area contributed by atoms with Gasteiger partial charge in [-0.1, -0.05) is 68.4 Å². The zero-order valence-electron chi connectivity index (χ0n) is 23.6. The number of carbonyl (C=O) groups excluding carboxylic acids is 2. The predicted octanol–water partition coefficient (Wildman–Crippen LogP) is 6.17. The normalized spacial score (nSPS) is 13.7. The highest BCUT2D eigenvalue weighted by molar-refractivity contribution is 8.24. The quantitative estimate of drug-likeness (QED) is 0.185. The molecule has 0 fully saturated rings. The monoisotopic (exact) mass is 578 g/mol. The molecule has 9 nitrogen and oxygen atoms in total. The lowest BCUT2D eigenvalue weighted by Gasteiger charge is -2.37. The van der Waals surface area contributed by atoms with E-state index in [-0.39, 0.29) is 17.0 Å². The van der Waals surface area contributed by atoms with Crippen LogP contribution in [0.3, 0.4) is 0 Å². The standard InChI is InChI=1S/C32H30N6O3S/c1-32(2,30(40)37-31(34)42-18-33)26-22-14-16-24(19-8-6-5-7-9-19)35-27(22)41-28-23(26)15-17-25(36-28)20-10-12-21(13-11-20)29(39)38(3)4/h5-18,26,33H,1-4H3,(H2,34,37,40). The molecule has 2 aromatic carbocycles. The number of pyridine rings is 2. The van der Waals surface area contributed by atoms with Crippen molar-refractivity contribution < 1.29 is 14.3 Å². The molecular formula is C32H30N6O3S. The second-order valence-electron chi connectivity index (χ2n) is 10.6. The molecule has 0 bridgehead atoms. The highest BCUT2D eigenvalue weighted by Gasteiger charge is 2.45. The van der Waals surface area contributed by atoms with E-state index in [9.17, 15) is 9.59 Å². The topological polar surface area (TPSA) is 132 Å². The number of benzene rings is 2. The molecule has 0 saturated carbocycles. The Morgan fingerprint density at radius 2 is 1.43 bits per heavy atom. The van der Waals surface area contributed by atoms with E-state index in [4.69, 9.17) is 25.5 Å². The molecule has 2 amide bonds. The summed E-state index contributed by atoms with van der Waals surface area (Å²) < 4.78 is 6.33. The van der Waals surface area contributed by atoms with Gasteiger partial charge in [0.05, 0.1) is 22.3 Å². The smallest absolute Gasteiger partial charge is 0.253 e.